The highest BCUT2D eigenvalue weighted by Crippen LogP contribution is 2.18. The van der Waals surface area contributed by atoms with Gasteiger partial charge in [0, 0.05) is 31.0 Å². The Labute approximate surface area is 103 Å². The van der Waals surface area contributed by atoms with E-state index in [1.54, 1.807) is 7.11 Å². The highest BCUT2D eigenvalue weighted by atomic mass is 16.5. The lowest BCUT2D eigenvalue weighted by molar-refractivity contribution is -0.118. The number of nitrogens with one attached hydrogen (secondary N) is 1. The first kappa shape index (κ1) is 13.7. The van der Waals surface area contributed by atoms with E-state index in [2.05, 4.69) is 19.2 Å². The van der Waals surface area contributed by atoms with Crippen LogP contribution < -0.4 is 10.1 Å². The molecule has 0 atom stereocenters. The van der Waals surface area contributed by atoms with Crippen LogP contribution in [0.1, 0.15) is 25.8 Å². The van der Waals surface area contributed by atoms with Crippen molar-refractivity contribution < 1.29 is 9.53 Å². The summed E-state index contributed by atoms with van der Waals surface area (Å²) in [4.78, 5) is 11.8. The third-order valence-electron chi connectivity index (χ3n) is 2.54. The molecule has 0 aliphatic heterocycles. The number of hydrogen-bond donors (Lipinski definition) is 1. The highest BCUT2D eigenvalue weighted by molar-refractivity contribution is 5.81. The summed E-state index contributed by atoms with van der Waals surface area (Å²) in [6, 6.07) is 8.08. The molecule has 0 unspecified atom stereocenters. The van der Waals surface area contributed by atoms with Gasteiger partial charge in [0.25, 0.3) is 0 Å². The smallest absolute Gasteiger partial charge is 0.138 e. The summed E-state index contributed by atoms with van der Waals surface area (Å²) < 4.78 is 5.22. The second kappa shape index (κ2) is 7.07. The summed E-state index contributed by atoms with van der Waals surface area (Å²) in [5.74, 6) is 1.03. The van der Waals surface area contributed by atoms with E-state index >= 15 is 0 Å². The molecule has 3 heteroatoms. The van der Waals surface area contributed by atoms with Crippen molar-refractivity contribution in [2.45, 2.75) is 32.7 Å². The zero-order valence-electron chi connectivity index (χ0n) is 10.8. The van der Waals surface area contributed by atoms with Crippen LogP contribution >= 0.6 is 0 Å². The average Bonchev–Trinajstić information content (AvgIpc) is 2.29. The molecular formula is C14H21NO2. The lowest BCUT2D eigenvalue weighted by atomic mass is 10.1. The van der Waals surface area contributed by atoms with Gasteiger partial charge >= 0.3 is 0 Å². The van der Waals surface area contributed by atoms with E-state index in [1.807, 2.05) is 24.3 Å². The molecule has 17 heavy (non-hydrogen) atoms. The Balaban J connectivity index is 2.45. The van der Waals surface area contributed by atoms with Gasteiger partial charge in [-0.1, -0.05) is 32.0 Å². The van der Waals surface area contributed by atoms with Crippen LogP contribution in [-0.4, -0.2) is 25.5 Å². The summed E-state index contributed by atoms with van der Waals surface area (Å²) in [5, 5.41) is 3.24. The molecule has 0 aliphatic carbocycles. The van der Waals surface area contributed by atoms with Crippen LogP contribution in [-0.2, 0) is 11.2 Å². The van der Waals surface area contributed by atoms with Crippen molar-refractivity contribution in [3.63, 3.8) is 0 Å². The molecule has 0 bridgehead atoms. The molecule has 0 saturated carbocycles. The molecule has 1 rings (SSSR count). The minimum atomic E-state index is 0.239. The van der Waals surface area contributed by atoms with Crippen LogP contribution in [0.2, 0.25) is 0 Å². The van der Waals surface area contributed by atoms with Gasteiger partial charge in [0.1, 0.15) is 11.5 Å². The van der Waals surface area contributed by atoms with Gasteiger partial charge in [-0.05, 0) is 6.07 Å². The van der Waals surface area contributed by atoms with Crippen molar-refractivity contribution in [1.29, 1.82) is 0 Å². The molecule has 0 saturated heterocycles. The van der Waals surface area contributed by atoms with Gasteiger partial charge in [0.2, 0.25) is 0 Å². The van der Waals surface area contributed by atoms with Crippen LogP contribution in [0.3, 0.4) is 0 Å². The normalized spacial score (nSPS) is 10.6. The molecule has 0 radical (unpaired) electrons. The lowest BCUT2D eigenvalue weighted by Gasteiger charge is -2.09. The summed E-state index contributed by atoms with van der Waals surface area (Å²) in [5.41, 5.74) is 0.963. The third-order valence-corrected chi connectivity index (χ3v) is 2.54. The van der Waals surface area contributed by atoms with E-state index in [9.17, 15) is 4.79 Å². The Morgan fingerprint density at radius 3 is 2.71 bits per heavy atom. The molecule has 3 nitrogen and oxygen atoms in total. The van der Waals surface area contributed by atoms with E-state index in [4.69, 9.17) is 4.74 Å². The van der Waals surface area contributed by atoms with E-state index in [0.29, 0.717) is 18.9 Å². The van der Waals surface area contributed by atoms with Crippen molar-refractivity contribution in [2.75, 3.05) is 13.7 Å². The molecule has 1 aromatic carbocycles. The fourth-order valence-electron chi connectivity index (χ4n) is 1.65. The molecule has 94 valence electrons. The first-order valence-corrected chi connectivity index (χ1v) is 6.00. The van der Waals surface area contributed by atoms with Crippen LogP contribution in [0.25, 0.3) is 0 Å². The van der Waals surface area contributed by atoms with E-state index in [-0.39, 0.29) is 5.78 Å². The van der Waals surface area contributed by atoms with E-state index in [1.165, 1.54) is 0 Å². The molecule has 1 N–H and O–H groups in total. The van der Waals surface area contributed by atoms with Gasteiger partial charge in [-0.3, -0.25) is 4.79 Å². The van der Waals surface area contributed by atoms with Gasteiger partial charge < -0.3 is 10.1 Å². The predicted octanol–water partition coefficient (Wildman–Crippen LogP) is 2.19. The monoisotopic (exact) mass is 235 g/mol. The third kappa shape index (κ3) is 5.00. The number of methoxy groups -OCH3 is 1. The predicted molar refractivity (Wildman–Crippen MR) is 69.5 cm³/mol. The van der Waals surface area contributed by atoms with Gasteiger partial charge in [0.15, 0.2) is 0 Å². The minimum absolute atomic E-state index is 0.239. The van der Waals surface area contributed by atoms with Gasteiger partial charge in [-0.15, -0.1) is 0 Å². The number of ether oxygens (including phenoxy) is 1. The zero-order valence-corrected chi connectivity index (χ0v) is 10.8. The first-order chi connectivity index (χ1) is 8.13. The first-order valence-electron chi connectivity index (χ1n) is 6.00. The van der Waals surface area contributed by atoms with Crippen molar-refractivity contribution >= 4 is 5.78 Å². The summed E-state index contributed by atoms with van der Waals surface area (Å²) >= 11 is 0. The number of ketones is 1. The Morgan fingerprint density at radius 2 is 2.06 bits per heavy atom. The second-order valence-corrected chi connectivity index (χ2v) is 4.39. The van der Waals surface area contributed by atoms with Crippen molar-refractivity contribution in [2.24, 2.45) is 0 Å². The number of carbonyl (C=O) groups excluding carboxylic acids is 1. The number of carbonyl (C=O) groups is 1. The standard InChI is InChI=1S/C14H21NO2/c1-11(2)15-9-8-13(16)10-12-6-4-5-7-14(12)17-3/h4-7,11,15H,8-10H2,1-3H3. The van der Waals surface area contributed by atoms with Gasteiger partial charge in [-0.2, -0.15) is 0 Å². The fourth-order valence-corrected chi connectivity index (χ4v) is 1.65. The molecule has 0 aromatic heterocycles. The van der Waals surface area contributed by atoms with Crippen LogP contribution in [0.15, 0.2) is 24.3 Å². The molecule has 0 aliphatic rings. The molecule has 0 amide bonds. The molecular weight excluding hydrogens is 214 g/mol. The zero-order chi connectivity index (χ0) is 12.7. The van der Waals surface area contributed by atoms with Crippen LogP contribution in [0.5, 0.6) is 5.75 Å². The topological polar surface area (TPSA) is 38.3 Å². The Hall–Kier alpha value is -1.35. The number of benzene rings is 1. The Bertz CT molecular complexity index is 361. The van der Waals surface area contributed by atoms with Gasteiger partial charge in [0.05, 0.1) is 7.11 Å². The van der Waals surface area contributed by atoms with E-state index < -0.39 is 0 Å². The van der Waals surface area contributed by atoms with Crippen molar-refractivity contribution in [1.82, 2.24) is 5.32 Å². The Kier molecular flexibility index (Phi) is 5.70. The van der Waals surface area contributed by atoms with Crippen LogP contribution in [0, 0.1) is 0 Å². The highest BCUT2D eigenvalue weighted by Gasteiger charge is 2.08. The lowest BCUT2D eigenvalue weighted by Crippen LogP contribution is -2.25. The molecule has 0 spiro atoms. The summed E-state index contributed by atoms with van der Waals surface area (Å²) in [6.07, 6.45) is 1.01. The maximum atomic E-state index is 11.8. The van der Waals surface area contributed by atoms with Gasteiger partial charge in [-0.25, -0.2) is 0 Å². The van der Waals surface area contributed by atoms with Crippen molar-refractivity contribution in [3.8, 4) is 5.75 Å². The fraction of sp³-hybridized carbons (Fsp3) is 0.500. The number of hydrogen-bond acceptors (Lipinski definition) is 3. The maximum absolute atomic E-state index is 11.8. The Morgan fingerprint density at radius 1 is 1.35 bits per heavy atom. The summed E-state index contributed by atoms with van der Waals surface area (Å²) in [6.45, 7) is 4.89. The number of Topliss-reactive ketones (excluding diaryl/α,β-unsaturated/α-hetero) is 1. The average molecular weight is 235 g/mol. The number of rotatable bonds is 7. The molecule has 0 heterocycles. The maximum Gasteiger partial charge on any atom is 0.138 e. The number of para-hydroxylation sites is 1. The summed E-state index contributed by atoms with van der Waals surface area (Å²) in [7, 11) is 1.63. The van der Waals surface area contributed by atoms with E-state index in [0.717, 1.165) is 17.9 Å². The SMILES string of the molecule is COc1ccccc1CC(=O)CCNC(C)C. The van der Waals surface area contributed by atoms with Crippen LogP contribution in [0.4, 0.5) is 0 Å². The van der Waals surface area contributed by atoms with Crippen molar-refractivity contribution in [3.05, 3.63) is 29.8 Å². The largest absolute Gasteiger partial charge is 0.496 e. The second-order valence-electron chi connectivity index (χ2n) is 4.39. The molecule has 0 fully saturated rings. The minimum Gasteiger partial charge on any atom is -0.496 e. The quantitative estimate of drug-likeness (QED) is 0.787. The molecule has 1 aromatic rings.